The number of pyridine rings is 1. The second-order valence-electron chi connectivity index (χ2n) is 4.01. The van der Waals surface area contributed by atoms with Gasteiger partial charge in [-0.05, 0) is 37.1 Å². The molecule has 1 N–H and O–H groups in total. The van der Waals surface area contributed by atoms with Crippen LogP contribution >= 0.6 is 0 Å². The molecule has 1 aromatic carbocycles. The van der Waals surface area contributed by atoms with E-state index in [-0.39, 0.29) is 10.9 Å². The number of benzene rings is 1. The Bertz CT molecular complexity index is 553. The first-order valence-corrected chi connectivity index (χ1v) is 5.62. The second kappa shape index (κ2) is 4.65. The average Bonchev–Trinajstić information content (AvgIpc) is 2.32. The minimum atomic E-state index is -0.499. The fourth-order valence-electron chi connectivity index (χ4n) is 1.71. The highest BCUT2D eigenvalue weighted by atomic mass is 19.1. The fraction of sp³-hybridized carbons (Fsp3) is 0.308. The van der Waals surface area contributed by atoms with Crippen LogP contribution in [0, 0.1) is 18.6 Å². The maximum atomic E-state index is 13.5. The highest BCUT2D eigenvalue weighted by molar-refractivity contribution is 5.82. The molecular weight excluding hydrogens is 222 g/mol. The van der Waals surface area contributed by atoms with Crippen LogP contribution in [0.15, 0.2) is 18.2 Å². The molecular formula is C13H14F2N2. The van der Waals surface area contributed by atoms with Gasteiger partial charge in [-0.3, -0.25) is 0 Å². The number of fused-ring (bicyclic) bond motifs is 1. The molecule has 1 heterocycles. The van der Waals surface area contributed by atoms with Crippen molar-refractivity contribution in [2.24, 2.45) is 0 Å². The van der Waals surface area contributed by atoms with Crippen molar-refractivity contribution in [2.75, 3.05) is 11.9 Å². The van der Waals surface area contributed by atoms with E-state index in [1.807, 2.05) is 13.8 Å². The van der Waals surface area contributed by atoms with Crippen LogP contribution in [-0.4, -0.2) is 11.5 Å². The monoisotopic (exact) mass is 236 g/mol. The lowest BCUT2D eigenvalue weighted by atomic mass is 10.1. The van der Waals surface area contributed by atoms with Crippen LogP contribution in [0.5, 0.6) is 0 Å². The molecule has 0 radical (unpaired) electrons. The van der Waals surface area contributed by atoms with Crippen LogP contribution in [0.4, 0.5) is 14.6 Å². The van der Waals surface area contributed by atoms with E-state index in [1.165, 1.54) is 0 Å². The van der Waals surface area contributed by atoms with Gasteiger partial charge in [-0.1, -0.05) is 6.92 Å². The molecule has 2 nitrogen and oxygen atoms in total. The predicted molar refractivity (Wildman–Crippen MR) is 65.2 cm³/mol. The summed E-state index contributed by atoms with van der Waals surface area (Å²) in [6, 6.07) is 3.85. The number of halogens is 2. The normalized spacial score (nSPS) is 10.8. The topological polar surface area (TPSA) is 24.9 Å². The molecule has 0 unspecified atom stereocenters. The first-order valence-electron chi connectivity index (χ1n) is 5.62. The molecule has 90 valence electrons. The van der Waals surface area contributed by atoms with Gasteiger partial charge in [0.15, 0.2) is 0 Å². The van der Waals surface area contributed by atoms with Gasteiger partial charge < -0.3 is 5.32 Å². The maximum Gasteiger partial charge on any atom is 0.149 e. The van der Waals surface area contributed by atoms with Crippen LogP contribution in [0.1, 0.15) is 18.9 Å². The summed E-state index contributed by atoms with van der Waals surface area (Å²) in [6.07, 6.45) is 0.949. The first kappa shape index (κ1) is 11.8. The molecule has 0 saturated heterocycles. The SMILES string of the molecule is CCCNc1nc2c(F)ccc(F)c2cc1C. The van der Waals surface area contributed by atoms with Crippen LogP contribution in [-0.2, 0) is 0 Å². The number of aromatic nitrogens is 1. The number of nitrogens with zero attached hydrogens (tertiary/aromatic N) is 1. The summed E-state index contributed by atoms with van der Waals surface area (Å²) in [6.45, 7) is 4.62. The zero-order chi connectivity index (χ0) is 12.4. The number of anilines is 1. The van der Waals surface area contributed by atoms with E-state index in [0.717, 1.165) is 30.7 Å². The van der Waals surface area contributed by atoms with Gasteiger partial charge in [0.05, 0.1) is 0 Å². The Hall–Kier alpha value is -1.71. The molecule has 2 rings (SSSR count). The first-order chi connectivity index (χ1) is 8.13. The van der Waals surface area contributed by atoms with Crippen LogP contribution < -0.4 is 5.32 Å². The summed E-state index contributed by atoms with van der Waals surface area (Å²) in [5, 5.41) is 3.33. The van der Waals surface area contributed by atoms with Gasteiger partial charge in [0, 0.05) is 11.9 Å². The molecule has 1 aromatic heterocycles. The largest absolute Gasteiger partial charge is 0.370 e. The van der Waals surface area contributed by atoms with Gasteiger partial charge in [0.25, 0.3) is 0 Å². The van der Waals surface area contributed by atoms with Crippen molar-refractivity contribution in [2.45, 2.75) is 20.3 Å². The third-order valence-corrected chi connectivity index (χ3v) is 2.62. The van der Waals surface area contributed by atoms with E-state index in [2.05, 4.69) is 10.3 Å². The van der Waals surface area contributed by atoms with Crippen LogP contribution in [0.25, 0.3) is 10.9 Å². The Labute approximate surface area is 98.7 Å². The lowest BCUT2D eigenvalue weighted by Gasteiger charge is -2.09. The smallest absolute Gasteiger partial charge is 0.149 e. The van der Waals surface area contributed by atoms with Crippen molar-refractivity contribution in [3.63, 3.8) is 0 Å². The third kappa shape index (κ3) is 2.20. The van der Waals surface area contributed by atoms with Crippen LogP contribution in [0.3, 0.4) is 0 Å². The number of aryl methyl sites for hydroxylation is 1. The third-order valence-electron chi connectivity index (χ3n) is 2.62. The van der Waals surface area contributed by atoms with E-state index < -0.39 is 11.6 Å². The summed E-state index contributed by atoms with van der Waals surface area (Å²) in [5.74, 6) is -0.330. The van der Waals surface area contributed by atoms with Crippen molar-refractivity contribution < 1.29 is 8.78 Å². The Kier molecular flexibility index (Phi) is 3.22. The molecule has 0 amide bonds. The molecule has 0 spiro atoms. The van der Waals surface area contributed by atoms with Crippen molar-refractivity contribution in [1.82, 2.24) is 4.98 Å². The van der Waals surface area contributed by atoms with Gasteiger partial charge in [0.1, 0.15) is 23.0 Å². The number of nitrogens with one attached hydrogen (secondary N) is 1. The standard InChI is InChI=1S/C13H14F2N2/c1-3-6-16-13-8(2)7-9-10(14)4-5-11(15)12(9)17-13/h4-5,7H,3,6H2,1-2H3,(H,16,17). The number of hydrogen-bond acceptors (Lipinski definition) is 2. The quantitative estimate of drug-likeness (QED) is 0.880. The van der Waals surface area contributed by atoms with E-state index in [1.54, 1.807) is 6.07 Å². The molecule has 2 aromatic rings. The average molecular weight is 236 g/mol. The van der Waals surface area contributed by atoms with Crippen LogP contribution in [0.2, 0.25) is 0 Å². The van der Waals surface area contributed by atoms with Crippen molar-refractivity contribution in [3.8, 4) is 0 Å². The van der Waals surface area contributed by atoms with Crippen molar-refractivity contribution in [3.05, 3.63) is 35.4 Å². The zero-order valence-electron chi connectivity index (χ0n) is 9.85. The molecule has 0 aliphatic carbocycles. The van der Waals surface area contributed by atoms with Gasteiger partial charge in [0.2, 0.25) is 0 Å². The highest BCUT2D eigenvalue weighted by Gasteiger charge is 2.10. The Morgan fingerprint density at radius 2 is 1.94 bits per heavy atom. The highest BCUT2D eigenvalue weighted by Crippen LogP contribution is 2.24. The molecule has 17 heavy (non-hydrogen) atoms. The molecule has 0 atom stereocenters. The van der Waals surface area contributed by atoms with Gasteiger partial charge in [-0.25, -0.2) is 13.8 Å². The predicted octanol–water partition coefficient (Wildman–Crippen LogP) is 3.64. The number of hydrogen-bond donors (Lipinski definition) is 1. The Balaban J connectivity index is 2.59. The van der Waals surface area contributed by atoms with Crippen molar-refractivity contribution >= 4 is 16.7 Å². The second-order valence-corrected chi connectivity index (χ2v) is 4.01. The minimum absolute atomic E-state index is 0.0780. The van der Waals surface area contributed by atoms with E-state index >= 15 is 0 Å². The summed E-state index contributed by atoms with van der Waals surface area (Å²) in [4.78, 5) is 4.15. The van der Waals surface area contributed by atoms with Gasteiger partial charge in [-0.2, -0.15) is 0 Å². The van der Waals surface area contributed by atoms with E-state index in [0.29, 0.717) is 5.82 Å². The maximum absolute atomic E-state index is 13.5. The molecule has 0 fully saturated rings. The molecule has 4 heteroatoms. The minimum Gasteiger partial charge on any atom is -0.370 e. The summed E-state index contributed by atoms with van der Waals surface area (Å²) < 4.78 is 27.0. The van der Waals surface area contributed by atoms with Gasteiger partial charge >= 0.3 is 0 Å². The molecule has 0 saturated carbocycles. The zero-order valence-corrected chi connectivity index (χ0v) is 9.85. The Morgan fingerprint density at radius 3 is 2.65 bits per heavy atom. The fourth-order valence-corrected chi connectivity index (χ4v) is 1.71. The number of rotatable bonds is 3. The van der Waals surface area contributed by atoms with E-state index in [4.69, 9.17) is 0 Å². The van der Waals surface area contributed by atoms with Gasteiger partial charge in [-0.15, -0.1) is 0 Å². The summed E-state index contributed by atoms with van der Waals surface area (Å²) in [7, 11) is 0. The van der Waals surface area contributed by atoms with Crippen molar-refractivity contribution in [1.29, 1.82) is 0 Å². The summed E-state index contributed by atoms with van der Waals surface area (Å²) >= 11 is 0. The Morgan fingerprint density at radius 1 is 1.24 bits per heavy atom. The summed E-state index contributed by atoms with van der Waals surface area (Å²) in [5.41, 5.74) is 0.893. The lowest BCUT2D eigenvalue weighted by Crippen LogP contribution is -2.04. The molecule has 0 aliphatic heterocycles. The molecule has 0 bridgehead atoms. The van der Waals surface area contributed by atoms with E-state index in [9.17, 15) is 8.78 Å². The lowest BCUT2D eigenvalue weighted by molar-refractivity contribution is 0.615. The molecule has 0 aliphatic rings.